The standard InChI is InChI=1S/C15H10N4O/c20-15-13(16-9-5-1-4-8-12(9)19-15)14-17-10-6-2-3-7-11(10)18-14/h1-8H,(H,17,18)(H,19,20). The van der Waals surface area contributed by atoms with Crippen molar-refractivity contribution in [3.05, 3.63) is 58.9 Å². The fourth-order valence-corrected chi connectivity index (χ4v) is 2.26. The summed E-state index contributed by atoms with van der Waals surface area (Å²) in [7, 11) is 0. The Labute approximate surface area is 113 Å². The first-order chi connectivity index (χ1) is 9.81. The summed E-state index contributed by atoms with van der Waals surface area (Å²) < 4.78 is 0. The van der Waals surface area contributed by atoms with Crippen molar-refractivity contribution in [2.24, 2.45) is 0 Å². The summed E-state index contributed by atoms with van der Waals surface area (Å²) in [5.74, 6) is 0.484. The second kappa shape index (κ2) is 4.03. The molecule has 0 aliphatic rings. The van der Waals surface area contributed by atoms with E-state index in [2.05, 4.69) is 19.9 Å². The molecule has 0 radical (unpaired) electrons. The van der Waals surface area contributed by atoms with E-state index in [-0.39, 0.29) is 5.56 Å². The molecule has 0 aliphatic carbocycles. The Morgan fingerprint density at radius 3 is 2.05 bits per heavy atom. The normalized spacial score (nSPS) is 11.2. The van der Waals surface area contributed by atoms with Gasteiger partial charge in [-0.05, 0) is 24.3 Å². The zero-order chi connectivity index (χ0) is 13.5. The second-order valence-electron chi connectivity index (χ2n) is 4.53. The van der Waals surface area contributed by atoms with Gasteiger partial charge in [0.1, 0.15) is 0 Å². The van der Waals surface area contributed by atoms with Gasteiger partial charge in [-0.25, -0.2) is 9.97 Å². The molecule has 0 unspecified atom stereocenters. The van der Waals surface area contributed by atoms with Crippen LogP contribution in [0.2, 0.25) is 0 Å². The topological polar surface area (TPSA) is 74.4 Å². The molecule has 0 atom stereocenters. The van der Waals surface area contributed by atoms with Gasteiger partial charge < -0.3 is 9.97 Å². The van der Waals surface area contributed by atoms with Gasteiger partial charge in [-0.2, -0.15) is 0 Å². The third kappa shape index (κ3) is 1.60. The number of fused-ring (bicyclic) bond motifs is 2. The van der Waals surface area contributed by atoms with Crippen LogP contribution in [0.15, 0.2) is 53.3 Å². The molecule has 0 amide bonds. The van der Waals surface area contributed by atoms with Gasteiger partial charge in [0.2, 0.25) is 0 Å². The average Bonchev–Trinajstić information content (AvgIpc) is 2.90. The Balaban J connectivity index is 2.01. The van der Waals surface area contributed by atoms with Crippen molar-refractivity contribution in [2.75, 3.05) is 0 Å². The summed E-state index contributed by atoms with van der Waals surface area (Å²) in [5.41, 5.74) is 3.22. The Hall–Kier alpha value is -2.95. The molecule has 2 N–H and O–H groups in total. The van der Waals surface area contributed by atoms with Crippen molar-refractivity contribution in [2.45, 2.75) is 0 Å². The predicted molar refractivity (Wildman–Crippen MR) is 77.5 cm³/mol. The van der Waals surface area contributed by atoms with Crippen molar-refractivity contribution in [1.29, 1.82) is 0 Å². The number of nitrogens with one attached hydrogen (secondary N) is 2. The summed E-state index contributed by atoms with van der Waals surface area (Å²) in [6.07, 6.45) is 0. The third-order valence-corrected chi connectivity index (χ3v) is 3.21. The first-order valence-electron chi connectivity index (χ1n) is 6.25. The fraction of sp³-hybridized carbons (Fsp3) is 0. The van der Waals surface area contributed by atoms with E-state index in [1.54, 1.807) is 0 Å². The summed E-state index contributed by atoms with van der Waals surface area (Å²) in [4.78, 5) is 26.9. The van der Waals surface area contributed by atoms with Crippen molar-refractivity contribution in [1.82, 2.24) is 19.9 Å². The number of nitrogens with zero attached hydrogens (tertiary/aromatic N) is 2. The van der Waals surface area contributed by atoms with E-state index in [0.29, 0.717) is 11.5 Å². The number of hydrogen-bond donors (Lipinski definition) is 2. The molecule has 0 saturated carbocycles. The highest BCUT2D eigenvalue weighted by Crippen LogP contribution is 2.17. The van der Waals surface area contributed by atoms with Crippen LogP contribution in [0.1, 0.15) is 0 Å². The van der Waals surface area contributed by atoms with Crippen LogP contribution in [-0.4, -0.2) is 19.9 Å². The molecule has 0 saturated heterocycles. The number of H-pyrrole nitrogens is 2. The number of aromatic nitrogens is 4. The van der Waals surface area contributed by atoms with Crippen molar-refractivity contribution in [3.8, 4) is 11.5 Å². The first kappa shape index (κ1) is 10.9. The van der Waals surface area contributed by atoms with Crippen LogP contribution in [0.3, 0.4) is 0 Å². The number of imidazole rings is 1. The highest BCUT2D eigenvalue weighted by atomic mass is 16.1. The van der Waals surface area contributed by atoms with Crippen molar-refractivity contribution in [3.63, 3.8) is 0 Å². The lowest BCUT2D eigenvalue weighted by Crippen LogP contribution is -2.12. The van der Waals surface area contributed by atoms with Gasteiger partial charge in [-0.1, -0.05) is 24.3 Å². The SMILES string of the molecule is O=c1[nH]c2ccccc2nc1-c1nc2ccccc2[nH]1. The molecular formula is C15H10N4O. The quantitative estimate of drug-likeness (QED) is 0.553. The number of hydrogen-bond acceptors (Lipinski definition) is 3. The average molecular weight is 262 g/mol. The highest BCUT2D eigenvalue weighted by molar-refractivity contribution is 5.80. The first-order valence-corrected chi connectivity index (χ1v) is 6.25. The molecule has 0 aliphatic heterocycles. The Bertz CT molecular complexity index is 951. The molecule has 2 heterocycles. The van der Waals surface area contributed by atoms with Gasteiger partial charge in [0, 0.05) is 0 Å². The Morgan fingerprint density at radius 1 is 0.750 bits per heavy atom. The third-order valence-electron chi connectivity index (χ3n) is 3.21. The van der Waals surface area contributed by atoms with Crippen molar-refractivity contribution >= 4 is 22.1 Å². The molecule has 4 rings (SSSR count). The lowest BCUT2D eigenvalue weighted by molar-refractivity contribution is 1.17. The van der Waals surface area contributed by atoms with E-state index >= 15 is 0 Å². The number of benzene rings is 2. The van der Waals surface area contributed by atoms with E-state index in [9.17, 15) is 4.79 Å². The molecule has 2 aromatic heterocycles. The van der Waals surface area contributed by atoms with Crippen LogP contribution in [0.4, 0.5) is 0 Å². The molecule has 5 nitrogen and oxygen atoms in total. The smallest absolute Gasteiger partial charge is 0.278 e. The maximum absolute atomic E-state index is 12.1. The molecule has 0 bridgehead atoms. The molecule has 96 valence electrons. The highest BCUT2D eigenvalue weighted by Gasteiger charge is 2.11. The molecule has 4 aromatic rings. The van der Waals surface area contributed by atoms with Crippen LogP contribution in [0, 0.1) is 0 Å². The lowest BCUT2D eigenvalue weighted by Gasteiger charge is -1.99. The zero-order valence-electron chi connectivity index (χ0n) is 10.4. The van der Waals surface area contributed by atoms with E-state index in [1.807, 2.05) is 48.5 Å². The second-order valence-corrected chi connectivity index (χ2v) is 4.53. The largest absolute Gasteiger partial charge is 0.336 e. The van der Waals surface area contributed by atoms with Gasteiger partial charge in [0.15, 0.2) is 11.5 Å². The Morgan fingerprint density at radius 2 is 1.35 bits per heavy atom. The summed E-state index contributed by atoms with van der Waals surface area (Å²) in [6.45, 7) is 0. The summed E-state index contributed by atoms with van der Waals surface area (Å²) in [5, 5.41) is 0. The predicted octanol–water partition coefficient (Wildman–Crippen LogP) is 2.47. The molecular weight excluding hydrogens is 252 g/mol. The van der Waals surface area contributed by atoms with E-state index in [1.165, 1.54) is 0 Å². The Kier molecular flexibility index (Phi) is 2.20. The van der Waals surface area contributed by atoms with E-state index in [0.717, 1.165) is 22.1 Å². The summed E-state index contributed by atoms with van der Waals surface area (Å²) >= 11 is 0. The van der Waals surface area contributed by atoms with Gasteiger partial charge in [0.25, 0.3) is 5.56 Å². The van der Waals surface area contributed by atoms with Crippen LogP contribution < -0.4 is 5.56 Å². The molecule has 5 heteroatoms. The van der Waals surface area contributed by atoms with Crippen LogP contribution in [0.5, 0.6) is 0 Å². The van der Waals surface area contributed by atoms with Crippen LogP contribution >= 0.6 is 0 Å². The lowest BCUT2D eigenvalue weighted by atomic mass is 10.3. The van der Waals surface area contributed by atoms with Gasteiger partial charge in [-0.15, -0.1) is 0 Å². The van der Waals surface area contributed by atoms with Gasteiger partial charge in [0.05, 0.1) is 22.1 Å². The minimum absolute atomic E-state index is 0.247. The van der Waals surface area contributed by atoms with Crippen LogP contribution in [-0.2, 0) is 0 Å². The molecule has 0 spiro atoms. The molecule has 0 fully saturated rings. The van der Waals surface area contributed by atoms with E-state index < -0.39 is 0 Å². The number of para-hydroxylation sites is 4. The molecule has 2 aromatic carbocycles. The van der Waals surface area contributed by atoms with Crippen molar-refractivity contribution < 1.29 is 0 Å². The minimum Gasteiger partial charge on any atom is -0.336 e. The maximum atomic E-state index is 12.1. The van der Waals surface area contributed by atoms with E-state index in [4.69, 9.17) is 0 Å². The fourth-order valence-electron chi connectivity index (χ4n) is 2.26. The van der Waals surface area contributed by atoms with Crippen LogP contribution in [0.25, 0.3) is 33.6 Å². The molecule has 20 heavy (non-hydrogen) atoms. The zero-order valence-corrected chi connectivity index (χ0v) is 10.4. The monoisotopic (exact) mass is 262 g/mol. The number of rotatable bonds is 1. The van der Waals surface area contributed by atoms with Gasteiger partial charge >= 0.3 is 0 Å². The maximum Gasteiger partial charge on any atom is 0.278 e. The number of aromatic amines is 2. The van der Waals surface area contributed by atoms with Gasteiger partial charge in [-0.3, -0.25) is 4.79 Å². The minimum atomic E-state index is -0.247. The summed E-state index contributed by atoms with van der Waals surface area (Å²) in [6, 6.07) is 15.1.